The molecule has 22 heavy (non-hydrogen) atoms. The van der Waals surface area contributed by atoms with E-state index in [2.05, 4.69) is 6.08 Å². The van der Waals surface area contributed by atoms with Crippen molar-refractivity contribution in [2.45, 2.75) is 13.3 Å². The summed E-state index contributed by atoms with van der Waals surface area (Å²) in [5.41, 5.74) is 1.37. The first-order valence-electron chi connectivity index (χ1n) is 7.29. The van der Waals surface area contributed by atoms with Gasteiger partial charge in [-0.3, -0.25) is 19.7 Å². The van der Waals surface area contributed by atoms with Crippen LogP contribution < -0.4 is 4.90 Å². The molecule has 0 N–H and O–H groups in total. The Bertz CT molecular complexity index is 754. The second-order valence-corrected chi connectivity index (χ2v) is 6.26. The van der Waals surface area contributed by atoms with Crippen molar-refractivity contribution in [2.75, 3.05) is 4.90 Å². The highest BCUT2D eigenvalue weighted by Crippen LogP contribution is 2.55. The van der Waals surface area contributed by atoms with Gasteiger partial charge in [-0.15, -0.1) is 0 Å². The Labute approximate surface area is 126 Å². The molecule has 1 saturated carbocycles. The van der Waals surface area contributed by atoms with Crippen molar-refractivity contribution in [3.05, 3.63) is 46.0 Å². The van der Waals surface area contributed by atoms with Gasteiger partial charge >= 0.3 is 0 Å². The molecule has 4 atom stereocenters. The molecule has 0 spiro atoms. The molecule has 1 heterocycles. The Kier molecular flexibility index (Phi) is 2.55. The Balaban J connectivity index is 1.74. The van der Waals surface area contributed by atoms with E-state index in [1.54, 1.807) is 6.07 Å². The first-order valence-corrected chi connectivity index (χ1v) is 7.29. The van der Waals surface area contributed by atoms with Gasteiger partial charge in [0.1, 0.15) is 0 Å². The van der Waals surface area contributed by atoms with Gasteiger partial charge in [-0.1, -0.05) is 17.7 Å². The van der Waals surface area contributed by atoms with Gasteiger partial charge in [0, 0.05) is 12.1 Å². The lowest BCUT2D eigenvalue weighted by Crippen LogP contribution is -2.32. The van der Waals surface area contributed by atoms with Crippen LogP contribution in [0.25, 0.3) is 0 Å². The van der Waals surface area contributed by atoms with Crippen molar-refractivity contribution in [3.8, 4) is 0 Å². The van der Waals surface area contributed by atoms with Gasteiger partial charge < -0.3 is 0 Å². The van der Waals surface area contributed by atoms with Gasteiger partial charge in [0.15, 0.2) is 0 Å². The average Bonchev–Trinajstić information content (AvgIpc) is 3.10. The van der Waals surface area contributed by atoms with Gasteiger partial charge in [-0.25, -0.2) is 4.90 Å². The summed E-state index contributed by atoms with van der Waals surface area (Å²) in [6.07, 6.45) is 2.98. The molecule has 1 aliphatic heterocycles. The van der Waals surface area contributed by atoms with E-state index in [-0.39, 0.29) is 41.2 Å². The van der Waals surface area contributed by atoms with E-state index < -0.39 is 4.92 Å². The maximum Gasteiger partial charge on any atom is 0.271 e. The SMILES string of the molecule is CC1=C[C@@H]2C[C@H]1[C@H]1C(=O)N(c3cccc([N+](=O)[O-])c3)C(=O)[C@H]12. The van der Waals surface area contributed by atoms with Crippen LogP contribution in [0, 0.1) is 33.8 Å². The minimum atomic E-state index is -0.523. The number of non-ortho nitro benzene ring substituents is 1. The minimum Gasteiger partial charge on any atom is -0.274 e. The second kappa shape index (κ2) is 4.25. The predicted octanol–water partition coefficient (Wildman–Crippen LogP) is 2.30. The van der Waals surface area contributed by atoms with Crippen molar-refractivity contribution in [1.82, 2.24) is 0 Å². The summed E-state index contributed by atoms with van der Waals surface area (Å²) in [5.74, 6) is -0.727. The van der Waals surface area contributed by atoms with Crippen molar-refractivity contribution < 1.29 is 14.5 Å². The Morgan fingerprint density at radius 3 is 2.68 bits per heavy atom. The smallest absolute Gasteiger partial charge is 0.271 e. The maximum absolute atomic E-state index is 12.7. The molecule has 2 bridgehead atoms. The quantitative estimate of drug-likeness (QED) is 0.363. The summed E-state index contributed by atoms with van der Waals surface area (Å²) in [6, 6.07) is 5.72. The monoisotopic (exact) mass is 298 g/mol. The third-order valence-electron chi connectivity index (χ3n) is 5.18. The highest BCUT2D eigenvalue weighted by Gasteiger charge is 2.60. The highest BCUT2D eigenvalue weighted by atomic mass is 16.6. The molecule has 2 fully saturated rings. The van der Waals surface area contributed by atoms with Crippen molar-refractivity contribution >= 4 is 23.2 Å². The van der Waals surface area contributed by atoms with Gasteiger partial charge in [-0.2, -0.15) is 0 Å². The van der Waals surface area contributed by atoms with Gasteiger partial charge in [0.05, 0.1) is 22.4 Å². The fourth-order valence-electron chi connectivity index (χ4n) is 4.27. The highest BCUT2D eigenvalue weighted by molar-refractivity contribution is 6.23. The summed E-state index contributed by atoms with van der Waals surface area (Å²) in [6.45, 7) is 2.01. The standard InChI is InChI=1S/C16H14N2O4/c1-8-5-9-6-12(8)14-13(9)15(19)17(16(14)20)10-3-2-4-11(7-10)18(21)22/h2-5,7,9,12-14H,6H2,1H3/t9-,12-,13+,14-/m1/s1. The first-order chi connectivity index (χ1) is 10.5. The van der Waals surface area contributed by atoms with Crippen LogP contribution in [0.15, 0.2) is 35.9 Å². The third-order valence-corrected chi connectivity index (χ3v) is 5.18. The number of carbonyl (C=O) groups is 2. The van der Waals surface area contributed by atoms with Crippen LogP contribution >= 0.6 is 0 Å². The molecule has 0 aromatic heterocycles. The van der Waals surface area contributed by atoms with E-state index in [1.165, 1.54) is 23.8 Å². The number of fused-ring (bicyclic) bond motifs is 5. The van der Waals surface area contributed by atoms with Gasteiger partial charge in [0.2, 0.25) is 11.8 Å². The molecule has 0 radical (unpaired) electrons. The molecular weight excluding hydrogens is 284 g/mol. The topological polar surface area (TPSA) is 80.5 Å². The number of hydrogen-bond donors (Lipinski definition) is 0. The van der Waals surface area contributed by atoms with Crippen LogP contribution in [0.3, 0.4) is 0 Å². The molecular formula is C16H14N2O4. The molecule has 1 saturated heterocycles. The fraction of sp³-hybridized carbons (Fsp3) is 0.375. The van der Waals surface area contributed by atoms with E-state index in [0.29, 0.717) is 5.69 Å². The number of amides is 2. The van der Waals surface area contributed by atoms with Gasteiger partial charge in [-0.05, 0) is 31.2 Å². The van der Waals surface area contributed by atoms with Crippen LogP contribution in [-0.4, -0.2) is 16.7 Å². The molecule has 4 rings (SSSR count). The van der Waals surface area contributed by atoms with Crippen molar-refractivity contribution in [3.63, 3.8) is 0 Å². The van der Waals surface area contributed by atoms with Crippen LogP contribution in [-0.2, 0) is 9.59 Å². The summed E-state index contributed by atoms with van der Waals surface area (Å²) in [5, 5.41) is 10.9. The number of hydrogen-bond acceptors (Lipinski definition) is 4. The fourth-order valence-corrected chi connectivity index (χ4v) is 4.27. The summed E-state index contributed by atoms with van der Waals surface area (Å²) in [7, 11) is 0. The number of nitro benzene ring substituents is 1. The van der Waals surface area contributed by atoms with E-state index in [9.17, 15) is 19.7 Å². The van der Waals surface area contributed by atoms with E-state index in [4.69, 9.17) is 0 Å². The van der Waals surface area contributed by atoms with Crippen LogP contribution in [0.4, 0.5) is 11.4 Å². The number of imide groups is 1. The third kappa shape index (κ3) is 1.55. The molecule has 2 amide bonds. The van der Waals surface area contributed by atoms with Crippen molar-refractivity contribution in [2.24, 2.45) is 23.7 Å². The normalized spacial score (nSPS) is 32.4. The lowest BCUT2D eigenvalue weighted by molar-refractivity contribution is -0.384. The van der Waals surface area contributed by atoms with Crippen molar-refractivity contribution in [1.29, 1.82) is 0 Å². The Morgan fingerprint density at radius 2 is 1.95 bits per heavy atom. The zero-order valence-corrected chi connectivity index (χ0v) is 11.9. The largest absolute Gasteiger partial charge is 0.274 e. The summed E-state index contributed by atoms with van der Waals surface area (Å²) < 4.78 is 0. The molecule has 1 aromatic rings. The Hall–Kier alpha value is -2.50. The van der Waals surface area contributed by atoms with Gasteiger partial charge in [0.25, 0.3) is 5.69 Å². The van der Waals surface area contributed by atoms with E-state index in [0.717, 1.165) is 11.3 Å². The molecule has 0 unspecified atom stereocenters. The number of allylic oxidation sites excluding steroid dienone is 2. The van der Waals surface area contributed by atoms with Crippen LogP contribution in [0.1, 0.15) is 13.3 Å². The van der Waals surface area contributed by atoms with Crippen LogP contribution in [0.5, 0.6) is 0 Å². The lowest BCUT2D eigenvalue weighted by Gasteiger charge is -2.19. The summed E-state index contributed by atoms with van der Waals surface area (Å²) in [4.78, 5) is 36.9. The number of rotatable bonds is 2. The number of carbonyl (C=O) groups excluding carboxylic acids is 2. The zero-order chi connectivity index (χ0) is 15.6. The molecule has 6 nitrogen and oxygen atoms in total. The predicted molar refractivity (Wildman–Crippen MR) is 77.9 cm³/mol. The van der Waals surface area contributed by atoms with E-state index >= 15 is 0 Å². The molecule has 6 heteroatoms. The number of nitro groups is 1. The molecule has 1 aromatic carbocycles. The summed E-state index contributed by atoms with van der Waals surface area (Å²) >= 11 is 0. The number of benzene rings is 1. The average molecular weight is 298 g/mol. The molecule has 112 valence electrons. The van der Waals surface area contributed by atoms with E-state index in [1.807, 2.05) is 6.92 Å². The minimum absolute atomic E-state index is 0.118. The Morgan fingerprint density at radius 1 is 1.23 bits per heavy atom. The van der Waals surface area contributed by atoms with Crippen LogP contribution in [0.2, 0.25) is 0 Å². The lowest BCUT2D eigenvalue weighted by atomic mass is 9.82. The number of nitrogens with zero attached hydrogens (tertiary/aromatic N) is 2. The number of anilines is 1. The first kappa shape index (κ1) is 13.2. The second-order valence-electron chi connectivity index (χ2n) is 6.26. The molecule has 2 aliphatic carbocycles. The zero-order valence-electron chi connectivity index (χ0n) is 11.9. The molecule has 3 aliphatic rings. The maximum atomic E-state index is 12.7.